The van der Waals surface area contributed by atoms with Gasteiger partial charge in [0.2, 0.25) is 0 Å². The standard InChI is InChI=1S/C10H10F5NO/c1-6(17-2)7-4-3-5-16-8(7)9(11,12)10(13,14)15/h3-6H,1-2H3. The average Bonchev–Trinajstić information content (AvgIpc) is 2.26. The molecule has 0 aliphatic heterocycles. The summed E-state index contributed by atoms with van der Waals surface area (Å²) >= 11 is 0. The van der Waals surface area contributed by atoms with E-state index in [1.165, 1.54) is 20.1 Å². The molecule has 1 aromatic heterocycles. The van der Waals surface area contributed by atoms with Crippen LogP contribution in [0.25, 0.3) is 0 Å². The zero-order valence-electron chi connectivity index (χ0n) is 9.05. The Bertz CT molecular complexity index is 391. The van der Waals surface area contributed by atoms with Gasteiger partial charge in [-0.3, -0.25) is 4.98 Å². The van der Waals surface area contributed by atoms with E-state index in [1.807, 2.05) is 0 Å². The van der Waals surface area contributed by atoms with Gasteiger partial charge in [-0.05, 0) is 13.0 Å². The second-order valence-corrected chi connectivity index (χ2v) is 3.39. The number of rotatable bonds is 3. The number of nitrogens with zero attached hydrogens (tertiary/aromatic N) is 1. The van der Waals surface area contributed by atoms with Crippen LogP contribution in [0.2, 0.25) is 0 Å². The molecule has 0 N–H and O–H groups in total. The molecule has 0 saturated heterocycles. The maximum absolute atomic E-state index is 13.2. The predicted molar refractivity (Wildman–Crippen MR) is 49.6 cm³/mol. The second-order valence-electron chi connectivity index (χ2n) is 3.39. The maximum atomic E-state index is 13.2. The van der Waals surface area contributed by atoms with Gasteiger partial charge < -0.3 is 4.74 Å². The van der Waals surface area contributed by atoms with E-state index in [4.69, 9.17) is 4.74 Å². The molecule has 0 saturated carbocycles. The number of hydrogen-bond donors (Lipinski definition) is 0. The largest absolute Gasteiger partial charge is 0.459 e. The van der Waals surface area contributed by atoms with E-state index in [1.54, 1.807) is 0 Å². The lowest BCUT2D eigenvalue weighted by molar-refractivity contribution is -0.291. The lowest BCUT2D eigenvalue weighted by Crippen LogP contribution is -2.35. The van der Waals surface area contributed by atoms with Gasteiger partial charge in [0.1, 0.15) is 5.69 Å². The molecule has 0 aliphatic carbocycles. The molecule has 1 atom stereocenters. The van der Waals surface area contributed by atoms with Crippen LogP contribution in [0.5, 0.6) is 0 Å². The molecule has 0 fully saturated rings. The number of ether oxygens (including phenoxy) is 1. The van der Waals surface area contributed by atoms with Crippen molar-refractivity contribution in [3.8, 4) is 0 Å². The van der Waals surface area contributed by atoms with Crippen molar-refractivity contribution in [3.63, 3.8) is 0 Å². The van der Waals surface area contributed by atoms with Gasteiger partial charge in [0.05, 0.1) is 6.10 Å². The number of halogens is 5. The van der Waals surface area contributed by atoms with Gasteiger partial charge in [0.15, 0.2) is 0 Å². The summed E-state index contributed by atoms with van der Waals surface area (Å²) < 4.78 is 67.8. The molecule has 17 heavy (non-hydrogen) atoms. The van der Waals surface area contributed by atoms with E-state index < -0.39 is 23.9 Å². The molecule has 1 aromatic rings. The fourth-order valence-electron chi connectivity index (χ4n) is 1.27. The summed E-state index contributed by atoms with van der Waals surface area (Å²) in [6.45, 7) is 1.37. The average molecular weight is 255 g/mol. The lowest BCUT2D eigenvalue weighted by Gasteiger charge is -2.23. The van der Waals surface area contributed by atoms with Crippen LogP contribution in [0.4, 0.5) is 22.0 Å². The number of aromatic nitrogens is 1. The highest BCUT2D eigenvalue weighted by atomic mass is 19.4. The Labute approximate surface area is 94.4 Å². The van der Waals surface area contributed by atoms with Crippen LogP contribution in [0.15, 0.2) is 18.3 Å². The first kappa shape index (κ1) is 13.8. The van der Waals surface area contributed by atoms with Crippen molar-refractivity contribution in [2.24, 2.45) is 0 Å². The predicted octanol–water partition coefficient (Wildman–Crippen LogP) is 3.44. The SMILES string of the molecule is COC(C)c1cccnc1C(F)(F)C(F)(F)F. The molecule has 1 heterocycles. The van der Waals surface area contributed by atoms with Crippen LogP contribution < -0.4 is 0 Å². The van der Waals surface area contributed by atoms with Gasteiger partial charge in [-0.1, -0.05) is 6.07 Å². The highest BCUT2D eigenvalue weighted by molar-refractivity contribution is 5.27. The monoisotopic (exact) mass is 255 g/mol. The summed E-state index contributed by atoms with van der Waals surface area (Å²) in [5, 5.41) is 0. The highest BCUT2D eigenvalue weighted by Gasteiger charge is 2.60. The third kappa shape index (κ3) is 2.54. The number of alkyl halides is 5. The van der Waals surface area contributed by atoms with Crippen LogP contribution in [-0.2, 0) is 10.7 Å². The Balaban J connectivity index is 3.31. The van der Waals surface area contributed by atoms with Crippen LogP contribution >= 0.6 is 0 Å². The minimum Gasteiger partial charge on any atom is -0.377 e. The summed E-state index contributed by atoms with van der Waals surface area (Å²) in [6.07, 6.45) is -5.68. The minimum atomic E-state index is -5.68. The topological polar surface area (TPSA) is 22.1 Å². The van der Waals surface area contributed by atoms with E-state index in [9.17, 15) is 22.0 Å². The van der Waals surface area contributed by atoms with Gasteiger partial charge in [0.25, 0.3) is 0 Å². The molecule has 7 heteroatoms. The Morgan fingerprint density at radius 1 is 1.24 bits per heavy atom. The molecule has 0 aliphatic rings. The van der Waals surface area contributed by atoms with Crippen molar-refractivity contribution in [3.05, 3.63) is 29.6 Å². The summed E-state index contributed by atoms with van der Waals surface area (Å²) in [6, 6.07) is 2.41. The van der Waals surface area contributed by atoms with Crippen molar-refractivity contribution in [1.82, 2.24) is 4.98 Å². The van der Waals surface area contributed by atoms with Crippen LogP contribution in [0.3, 0.4) is 0 Å². The van der Waals surface area contributed by atoms with Crippen molar-refractivity contribution >= 4 is 0 Å². The summed E-state index contributed by atoms with van der Waals surface area (Å²) in [4.78, 5) is 3.14. The third-order valence-electron chi connectivity index (χ3n) is 2.28. The lowest BCUT2D eigenvalue weighted by atomic mass is 10.0. The Kier molecular flexibility index (Phi) is 3.71. The normalized spacial score (nSPS) is 14.8. The van der Waals surface area contributed by atoms with Gasteiger partial charge in [-0.2, -0.15) is 22.0 Å². The van der Waals surface area contributed by atoms with E-state index in [0.717, 1.165) is 12.3 Å². The van der Waals surface area contributed by atoms with Crippen molar-refractivity contribution in [1.29, 1.82) is 0 Å². The number of methoxy groups -OCH3 is 1. The molecule has 0 bridgehead atoms. The molecule has 0 spiro atoms. The smallest absolute Gasteiger partial charge is 0.377 e. The van der Waals surface area contributed by atoms with E-state index in [2.05, 4.69) is 4.98 Å². The van der Waals surface area contributed by atoms with Crippen LogP contribution in [0, 0.1) is 0 Å². The van der Waals surface area contributed by atoms with E-state index >= 15 is 0 Å². The second kappa shape index (κ2) is 4.56. The highest BCUT2D eigenvalue weighted by Crippen LogP contribution is 2.45. The van der Waals surface area contributed by atoms with Crippen LogP contribution in [-0.4, -0.2) is 18.3 Å². The Morgan fingerprint density at radius 2 is 1.82 bits per heavy atom. The first-order valence-corrected chi connectivity index (χ1v) is 4.64. The fourth-order valence-corrected chi connectivity index (χ4v) is 1.27. The number of hydrogen-bond acceptors (Lipinski definition) is 2. The third-order valence-corrected chi connectivity index (χ3v) is 2.28. The zero-order valence-corrected chi connectivity index (χ0v) is 9.05. The minimum absolute atomic E-state index is 0.280. The first-order valence-electron chi connectivity index (χ1n) is 4.64. The summed E-state index contributed by atoms with van der Waals surface area (Å²) in [7, 11) is 1.22. The van der Waals surface area contributed by atoms with Crippen molar-refractivity contribution < 1.29 is 26.7 Å². The number of pyridine rings is 1. The fraction of sp³-hybridized carbons (Fsp3) is 0.500. The van der Waals surface area contributed by atoms with Crippen molar-refractivity contribution in [2.75, 3.05) is 7.11 Å². The molecule has 2 nitrogen and oxygen atoms in total. The van der Waals surface area contributed by atoms with Crippen LogP contribution in [0.1, 0.15) is 24.3 Å². The van der Waals surface area contributed by atoms with Gasteiger partial charge in [-0.15, -0.1) is 0 Å². The van der Waals surface area contributed by atoms with Crippen molar-refractivity contribution in [2.45, 2.75) is 25.1 Å². The molecular formula is C10H10F5NO. The van der Waals surface area contributed by atoms with Gasteiger partial charge in [-0.25, -0.2) is 0 Å². The first-order chi connectivity index (χ1) is 7.71. The maximum Gasteiger partial charge on any atom is 0.459 e. The molecule has 96 valence electrons. The molecule has 0 amide bonds. The van der Waals surface area contributed by atoms with Gasteiger partial charge >= 0.3 is 12.1 Å². The van der Waals surface area contributed by atoms with E-state index in [0.29, 0.717) is 0 Å². The molecule has 0 aromatic carbocycles. The molecule has 1 unspecified atom stereocenters. The molecule has 1 rings (SSSR count). The quantitative estimate of drug-likeness (QED) is 0.772. The molecule has 0 radical (unpaired) electrons. The van der Waals surface area contributed by atoms with Gasteiger partial charge in [0, 0.05) is 18.9 Å². The summed E-state index contributed by atoms with van der Waals surface area (Å²) in [5.74, 6) is -4.99. The summed E-state index contributed by atoms with van der Waals surface area (Å²) in [5.41, 5.74) is -1.60. The Morgan fingerprint density at radius 3 is 2.29 bits per heavy atom. The Hall–Kier alpha value is -1.24. The molecular weight excluding hydrogens is 245 g/mol. The van der Waals surface area contributed by atoms with E-state index in [-0.39, 0.29) is 5.56 Å². The zero-order chi connectivity index (χ0) is 13.3.